The molecule has 1 aromatic carbocycles. The lowest BCUT2D eigenvalue weighted by molar-refractivity contribution is 0.232. The van der Waals surface area contributed by atoms with E-state index in [4.69, 9.17) is 5.84 Å². The first-order valence-corrected chi connectivity index (χ1v) is 6.42. The summed E-state index contributed by atoms with van der Waals surface area (Å²) in [6.45, 7) is 2.30. The molecule has 0 spiro atoms. The van der Waals surface area contributed by atoms with Crippen molar-refractivity contribution in [1.82, 2.24) is 5.43 Å². The SMILES string of the molecule is CC1CCC(C(NN)c2ccc(F)cc2)CC1. The average molecular weight is 236 g/mol. The van der Waals surface area contributed by atoms with Gasteiger partial charge in [-0.2, -0.15) is 0 Å². The molecule has 0 bridgehead atoms. The lowest BCUT2D eigenvalue weighted by Gasteiger charge is -2.32. The number of hydrogen-bond acceptors (Lipinski definition) is 2. The van der Waals surface area contributed by atoms with Crippen LogP contribution < -0.4 is 11.3 Å². The maximum absolute atomic E-state index is 12.9. The molecule has 2 rings (SSSR count). The number of rotatable bonds is 3. The van der Waals surface area contributed by atoms with Gasteiger partial charge in [0.1, 0.15) is 5.82 Å². The highest BCUT2D eigenvalue weighted by atomic mass is 19.1. The van der Waals surface area contributed by atoms with Crippen LogP contribution in [0.5, 0.6) is 0 Å². The van der Waals surface area contributed by atoms with Gasteiger partial charge in [-0.25, -0.2) is 4.39 Å². The van der Waals surface area contributed by atoms with E-state index in [0.717, 1.165) is 11.5 Å². The molecular weight excluding hydrogens is 215 g/mol. The topological polar surface area (TPSA) is 38.0 Å². The number of hydrogen-bond donors (Lipinski definition) is 2. The molecule has 3 N–H and O–H groups in total. The summed E-state index contributed by atoms with van der Waals surface area (Å²) >= 11 is 0. The van der Waals surface area contributed by atoms with Gasteiger partial charge >= 0.3 is 0 Å². The number of hydrazine groups is 1. The maximum atomic E-state index is 12.9. The Morgan fingerprint density at radius 1 is 1.18 bits per heavy atom. The largest absolute Gasteiger partial charge is 0.271 e. The van der Waals surface area contributed by atoms with Gasteiger partial charge in [-0.3, -0.25) is 11.3 Å². The van der Waals surface area contributed by atoms with Crippen molar-refractivity contribution in [3.63, 3.8) is 0 Å². The van der Waals surface area contributed by atoms with Gasteiger partial charge in [-0.1, -0.05) is 31.9 Å². The molecule has 1 fully saturated rings. The van der Waals surface area contributed by atoms with Gasteiger partial charge in [-0.05, 0) is 42.4 Å². The fourth-order valence-corrected chi connectivity index (χ4v) is 2.79. The fourth-order valence-electron chi connectivity index (χ4n) is 2.79. The van der Waals surface area contributed by atoms with Gasteiger partial charge in [0.25, 0.3) is 0 Å². The second-order valence-corrected chi connectivity index (χ2v) is 5.22. The van der Waals surface area contributed by atoms with Crippen LogP contribution >= 0.6 is 0 Å². The lowest BCUT2D eigenvalue weighted by atomic mass is 9.77. The maximum Gasteiger partial charge on any atom is 0.123 e. The van der Waals surface area contributed by atoms with Crippen molar-refractivity contribution in [3.8, 4) is 0 Å². The minimum absolute atomic E-state index is 0.156. The van der Waals surface area contributed by atoms with E-state index in [2.05, 4.69) is 12.3 Å². The van der Waals surface area contributed by atoms with Crippen LogP contribution in [0, 0.1) is 17.7 Å². The Bertz CT molecular complexity index is 342. The Labute approximate surface area is 102 Å². The zero-order chi connectivity index (χ0) is 12.3. The Morgan fingerprint density at radius 2 is 1.76 bits per heavy atom. The van der Waals surface area contributed by atoms with Crippen LogP contribution in [0.25, 0.3) is 0 Å². The smallest absolute Gasteiger partial charge is 0.123 e. The van der Waals surface area contributed by atoms with Crippen molar-refractivity contribution in [1.29, 1.82) is 0 Å². The van der Waals surface area contributed by atoms with E-state index in [1.165, 1.54) is 37.8 Å². The molecule has 0 aliphatic heterocycles. The Morgan fingerprint density at radius 3 is 2.29 bits per heavy atom. The quantitative estimate of drug-likeness (QED) is 0.625. The number of halogens is 1. The van der Waals surface area contributed by atoms with Crippen LogP contribution in [-0.4, -0.2) is 0 Å². The Kier molecular flexibility index (Phi) is 4.13. The summed E-state index contributed by atoms with van der Waals surface area (Å²) in [6.07, 6.45) is 4.94. The normalized spacial score (nSPS) is 26.8. The molecule has 3 heteroatoms. The summed E-state index contributed by atoms with van der Waals surface area (Å²) in [5.41, 5.74) is 3.99. The standard InChI is InChI=1S/C14H21FN2/c1-10-2-4-11(5-3-10)14(17-16)12-6-8-13(15)9-7-12/h6-11,14,17H,2-5,16H2,1H3. The predicted molar refractivity (Wildman–Crippen MR) is 67.6 cm³/mol. The molecule has 17 heavy (non-hydrogen) atoms. The van der Waals surface area contributed by atoms with Gasteiger partial charge in [0, 0.05) is 6.04 Å². The summed E-state index contributed by atoms with van der Waals surface area (Å²) in [6, 6.07) is 6.83. The molecule has 1 unspecified atom stereocenters. The Balaban J connectivity index is 2.08. The second kappa shape index (κ2) is 5.61. The summed E-state index contributed by atoms with van der Waals surface area (Å²) in [4.78, 5) is 0. The first-order chi connectivity index (χ1) is 8.20. The fraction of sp³-hybridized carbons (Fsp3) is 0.571. The summed E-state index contributed by atoms with van der Waals surface area (Å²) in [5.74, 6) is 6.87. The molecule has 94 valence electrons. The summed E-state index contributed by atoms with van der Waals surface area (Å²) in [5, 5.41) is 0. The van der Waals surface area contributed by atoms with Crippen molar-refractivity contribution in [2.24, 2.45) is 17.7 Å². The van der Waals surface area contributed by atoms with Gasteiger partial charge in [0.2, 0.25) is 0 Å². The van der Waals surface area contributed by atoms with Crippen LogP contribution in [0.1, 0.15) is 44.2 Å². The van der Waals surface area contributed by atoms with Crippen LogP contribution in [0.3, 0.4) is 0 Å². The monoisotopic (exact) mass is 236 g/mol. The minimum Gasteiger partial charge on any atom is -0.271 e. The van der Waals surface area contributed by atoms with Crippen molar-refractivity contribution in [3.05, 3.63) is 35.6 Å². The molecule has 1 aliphatic carbocycles. The van der Waals surface area contributed by atoms with E-state index in [9.17, 15) is 4.39 Å². The third-order valence-corrected chi connectivity index (χ3v) is 3.94. The van der Waals surface area contributed by atoms with Crippen molar-refractivity contribution in [2.75, 3.05) is 0 Å². The molecule has 1 aliphatic rings. The molecule has 0 radical (unpaired) electrons. The Hall–Kier alpha value is -0.930. The highest BCUT2D eigenvalue weighted by molar-refractivity contribution is 5.20. The molecule has 0 amide bonds. The van der Waals surface area contributed by atoms with Gasteiger partial charge in [0.15, 0.2) is 0 Å². The second-order valence-electron chi connectivity index (χ2n) is 5.22. The average Bonchev–Trinajstić information content (AvgIpc) is 2.35. The molecule has 1 atom stereocenters. The van der Waals surface area contributed by atoms with Crippen molar-refractivity contribution < 1.29 is 4.39 Å². The highest BCUT2D eigenvalue weighted by Gasteiger charge is 2.26. The van der Waals surface area contributed by atoms with Crippen LogP contribution in [0.2, 0.25) is 0 Å². The third-order valence-electron chi connectivity index (χ3n) is 3.94. The van der Waals surface area contributed by atoms with E-state index in [1.807, 2.05) is 12.1 Å². The minimum atomic E-state index is -0.193. The third kappa shape index (κ3) is 3.05. The van der Waals surface area contributed by atoms with Gasteiger partial charge in [-0.15, -0.1) is 0 Å². The molecule has 1 saturated carbocycles. The van der Waals surface area contributed by atoms with Crippen LogP contribution in [-0.2, 0) is 0 Å². The zero-order valence-corrected chi connectivity index (χ0v) is 10.3. The highest BCUT2D eigenvalue weighted by Crippen LogP contribution is 2.36. The first-order valence-electron chi connectivity index (χ1n) is 6.42. The van der Waals surface area contributed by atoms with E-state index in [1.54, 1.807) is 0 Å². The van der Waals surface area contributed by atoms with Crippen molar-refractivity contribution >= 4 is 0 Å². The predicted octanol–water partition coefficient (Wildman–Crippen LogP) is 3.16. The molecule has 0 heterocycles. The van der Waals surface area contributed by atoms with Crippen molar-refractivity contribution in [2.45, 2.75) is 38.6 Å². The molecule has 0 saturated heterocycles. The zero-order valence-electron chi connectivity index (χ0n) is 10.3. The summed E-state index contributed by atoms with van der Waals surface area (Å²) < 4.78 is 12.9. The van der Waals surface area contributed by atoms with Crippen LogP contribution in [0.4, 0.5) is 4.39 Å². The lowest BCUT2D eigenvalue weighted by Crippen LogP contribution is -2.35. The number of nitrogens with two attached hydrogens (primary N) is 1. The van der Waals surface area contributed by atoms with E-state index in [-0.39, 0.29) is 11.9 Å². The molecule has 0 aromatic heterocycles. The molecule has 2 nitrogen and oxygen atoms in total. The van der Waals surface area contributed by atoms with Crippen LogP contribution in [0.15, 0.2) is 24.3 Å². The number of benzene rings is 1. The van der Waals surface area contributed by atoms with E-state index < -0.39 is 0 Å². The molecular formula is C14H21FN2. The van der Waals surface area contributed by atoms with Gasteiger partial charge in [0.05, 0.1) is 0 Å². The van der Waals surface area contributed by atoms with Gasteiger partial charge < -0.3 is 0 Å². The van der Waals surface area contributed by atoms with E-state index in [0.29, 0.717) is 5.92 Å². The van der Waals surface area contributed by atoms with E-state index >= 15 is 0 Å². The number of nitrogens with one attached hydrogen (secondary N) is 1. The summed E-state index contributed by atoms with van der Waals surface area (Å²) in [7, 11) is 0. The molecule has 1 aromatic rings. The first kappa shape index (κ1) is 12.5.